The molecule has 0 atom stereocenters. The Hall–Kier alpha value is -0.890. The van der Waals surface area contributed by atoms with Gasteiger partial charge in [0.25, 0.3) is 0 Å². The SMILES string of the molecule is Fc1ccc(CCNCCC2CC2)cc1. The first kappa shape index (κ1) is 10.6. The smallest absolute Gasteiger partial charge is 0.123 e. The van der Waals surface area contributed by atoms with Gasteiger partial charge in [-0.1, -0.05) is 25.0 Å². The summed E-state index contributed by atoms with van der Waals surface area (Å²) in [4.78, 5) is 0. The van der Waals surface area contributed by atoms with Crippen molar-refractivity contribution in [3.05, 3.63) is 35.6 Å². The third kappa shape index (κ3) is 4.00. The molecular weight excluding hydrogens is 189 g/mol. The average Bonchev–Trinajstić information content (AvgIpc) is 3.04. The van der Waals surface area contributed by atoms with Gasteiger partial charge in [0.2, 0.25) is 0 Å². The molecule has 2 heteroatoms. The van der Waals surface area contributed by atoms with Crippen molar-refractivity contribution >= 4 is 0 Å². The summed E-state index contributed by atoms with van der Waals surface area (Å²) in [5.74, 6) is 0.851. The first-order chi connectivity index (χ1) is 7.34. The molecule has 0 unspecified atom stereocenters. The Balaban J connectivity index is 1.58. The Bertz CT molecular complexity index is 290. The van der Waals surface area contributed by atoms with Crippen molar-refractivity contribution in [2.24, 2.45) is 5.92 Å². The van der Waals surface area contributed by atoms with Crippen LogP contribution in [0.2, 0.25) is 0 Å². The zero-order chi connectivity index (χ0) is 10.5. The fourth-order valence-corrected chi connectivity index (χ4v) is 1.72. The Morgan fingerprint density at radius 2 is 1.87 bits per heavy atom. The molecule has 0 aliphatic heterocycles. The molecule has 0 radical (unpaired) electrons. The molecule has 0 saturated heterocycles. The lowest BCUT2D eigenvalue weighted by Crippen LogP contribution is -2.18. The number of rotatable bonds is 6. The first-order valence-electron chi connectivity index (χ1n) is 5.80. The molecule has 1 saturated carbocycles. The fourth-order valence-electron chi connectivity index (χ4n) is 1.72. The van der Waals surface area contributed by atoms with Crippen molar-refractivity contribution < 1.29 is 4.39 Å². The van der Waals surface area contributed by atoms with Crippen LogP contribution in [-0.2, 0) is 6.42 Å². The molecular formula is C13H18FN. The summed E-state index contributed by atoms with van der Waals surface area (Å²) < 4.78 is 12.6. The van der Waals surface area contributed by atoms with E-state index in [1.807, 2.05) is 12.1 Å². The second-order valence-corrected chi connectivity index (χ2v) is 4.36. The standard InChI is InChI=1S/C13H18FN/c14-13-5-3-12(4-6-13)8-10-15-9-7-11-1-2-11/h3-6,11,15H,1-2,7-10H2. The molecule has 82 valence electrons. The monoisotopic (exact) mass is 207 g/mol. The summed E-state index contributed by atoms with van der Waals surface area (Å²) >= 11 is 0. The molecule has 1 aromatic rings. The van der Waals surface area contributed by atoms with Gasteiger partial charge >= 0.3 is 0 Å². The van der Waals surface area contributed by atoms with Crippen molar-refractivity contribution in [1.82, 2.24) is 5.32 Å². The van der Waals surface area contributed by atoms with Crippen molar-refractivity contribution in [1.29, 1.82) is 0 Å². The lowest BCUT2D eigenvalue weighted by Gasteiger charge is -2.04. The van der Waals surface area contributed by atoms with Crippen LogP contribution >= 0.6 is 0 Å². The van der Waals surface area contributed by atoms with Crippen LogP contribution in [-0.4, -0.2) is 13.1 Å². The van der Waals surface area contributed by atoms with Crippen molar-refractivity contribution in [2.45, 2.75) is 25.7 Å². The summed E-state index contributed by atoms with van der Waals surface area (Å²) in [6.45, 7) is 2.13. The minimum atomic E-state index is -0.152. The maximum Gasteiger partial charge on any atom is 0.123 e. The predicted octanol–water partition coefficient (Wildman–Crippen LogP) is 2.76. The minimum Gasteiger partial charge on any atom is -0.316 e. The highest BCUT2D eigenvalue weighted by molar-refractivity contribution is 5.16. The van der Waals surface area contributed by atoms with E-state index in [0.29, 0.717) is 0 Å². The number of benzene rings is 1. The molecule has 0 spiro atoms. The van der Waals surface area contributed by atoms with Crippen LogP contribution in [0.5, 0.6) is 0 Å². The second-order valence-electron chi connectivity index (χ2n) is 4.36. The molecule has 2 rings (SSSR count). The molecule has 15 heavy (non-hydrogen) atoms. The fraction of sp³-hybridized carbons (Fsp3) is 0.538. The zero-order valence-corrected chi connectivity index (χ0v) is 9.01. The molecule has 1 aliphatic rings. The van der Waals surface area contributed by atoms with Crippen LogP contribution in [0.25, 0.3) is 0 Å². The molecule has 0 aromatic heterocycles. The Labute approximate surface area is 90.7 Å². The van der Waals surface area contributed by atoms with E-state index < -0.39 is 0 Å². The molecule has 1 N–H and O–H groups in total. The van der Waals surface area contributed by atoms with E-state index in [4.69, 9.17) is 0 Å². The summed E-state index contributed by atoms with van der Waals surface area (Å²) in [7, 11) is 0. The lowest BCUT2D eigenvalue weighted by molar-refractivity contribution is 0.610. The molecule has 1 aromatic carbocycles. The Morgan fingerprint density at radius 3 is 2.53 bits per heavy atom. The van der Waals surface area contributed by atoms with Gasteiger partial charge in [0.05, 0.1) is 0 Å². The van der Waals surface area contributed by atoms with Gasteiger partial charge in [0.15, 0.2) is 0 Å². The number of hydrogen-bond donors (Lipinski definition) is 1. The maximum absolute atomic E-state index is 12.6. The average molecular weight is 207 g/mol. The third-order valence-electron chi connectivity index (χ3n) is 2.93. The van der Waals surface area contributed by atoms with Gasteiger partial charge in [-0.3, -0.25) is 0 Å². The van der Waals surface area contributed by atoms with E-state index >= 15 is 0 Å². The number of nitrogens with one attached hydrogen (secondary N) is 1. The number of hydrogen-bond acceptors (Lipinski definition) is 1. The predicted molar refractivity (Wildman–Crippen MR) is 60.3 cm³/mol. The summed E-state index contributed by atoms with van der Waals surface area (Å²) in [6.07, 6.45) is 5.17. The highest BCUT2D eigenvalue weighted by Gasteiger charge is 2.19. The van der Waals surface area contributed by atoms with Crippen molar-refractivity contribution in [2.75, 3.05) is 13.1 Å². The van der Waals surface area contributed by atoms with Gasteiger partial charge in [-0.25, -0.2) is 4.39 Å². The van der Waals surface area contributed by atoms with Crippen LogP contribution in [0, 0.1) is 11.7 Å². The minimum absolute atomic E-state index is 0.152. The third-order valence-corrected chi connectivity index (χ3v) is 2.93. The summed E-state index contributed by atoms with van der Waals surface area (Å²) in [5, 5.41) is 3.43. The highest BCUT2D eigenvalue weighted by atomic mass is 19.1. The van der Waals surface area contributed by atoms with Gasteiger partial charge in [0, 0.05) is 0 Å². The topological polar surface area (TPSA) is 12.0 Å². The molecule has 0 amide bonds. The second kappa shape index (κ2) is 5.26. The normalized spacial score (nSPS) is 15.5. The summed E-state index contributed by atoms with van der Waals surface area (Å²) in [5.41, 5.74) is 1.20. The van der Waals surface area contributed by atoms with Gasteiger partial charge in [-0.15, -0.1) is 0 Å². The first-order valence-corrected chi connectivity index (χ1v) is 5.80. The highest BCUT2D eigenvalue weighted by Crippen LogP contribution is 2.31. The number of halogens is 1. The van der Waals surface area contributed by atoms with E-state index in [0.717, 1.165) is 25.4 Å². The van der Waals surface area contributed by atoms with Crippen LogP contribution in [0.15, 0.2) is 24.3 Å². The molecule has 0 bridgehead atoms. The molecule has 1 fully saturated rings. The lowest BCUT2D eigenvalue weighted by atomic mass is 10.1. The van der Waals surface area contributed by atoms with Crippen molar-refractivity contribution in [3.63, 3.8) is 0 Å². The van der Waals surface area contributed by atoms with E-state index in [1.54, 1.807) is 0 Å². The Morgan fingerprint density at radius 1 is 1.13 bits per heavy atom. The zero-order valence-electron chi connectivity index (χ0n) is 9.01. The van der Waals surface area contributed by atoms with Crippen LogP contribution in [0.1, 0.15) is 24.8 Å². The quantitative estimate of drug-likeness (QED) is 0.707. The molecule has 1 nitrogen and oxygen atoms in total. The van der Waals surface area contributed by atoms with Crippen LogP contribution < -0.4 is 5.32 Å². The van der Waals surface area contributed by atoms with Gasteiger partial charge in [0.1, 0.15) is 5.82 Å². The van der Waals surface area contributed by atoms with Gasteiger partial charge < -0.3 is 5.32 Å². The molecule has 1 aliphatic carbocycles. The Kier molecular flexibility index (Phi) is 3.73. The van der Waals surface area contributed by atoms with Crippen molar-refractivity contribution in [3.8, 4) is 0 Å². The molecule has 0 heterocycles. The van der Waals surface area contributed by atoms with Crippen LogP contribution in [0.4, 0.5) is 4.39 Å². The van der Waals surface area contributed by atoms with E-state index in [-0.39, 0.29) is 5.82 Å². The van der Waals surface area contributed by atoms with E-state index in [2.05, 4.69) is 5.32 Å². The van der Waals surface area contributed by atoms with Gasteiger partial charge in [-0.05, 0) is 49.5 Å². The summed E-state index contributed by atoms with van der Waals surface area (Å²) in [6, 6.07) is 6.77. The van der Waals surface area contributed by atoms with Crippen LogP contribution in [0.3, 0.4) is 0 Å². The maximum atomic E-state index is 12.6. The largest absolute Gasteiger partial charge is 0.316 e. The van der Waals surface area contributed by atoms with E-state index in [1.165, 1.54) is 37.0 Å². The van der Waals surface area contributed by atoms with E-state index in [9.17, 15) is 4.39 Å². The van der Waals surface area contributed by atoms with Gasteiger partial charge in [-0.2, -0.15) is 0 Å².